The molecule has 0 spiro atoms. The van der Waals surface area contributed by atoms with Gasteiger partial charge in [0.1, 0.15) is 0 Å². The number of hydrogen-bond donors (Lipinski definition) is 3. The normalized spacial score (nSPS) is 30.1. The van der Waals surface area contributed by atoms with E-state index in [1.165, 1.54) is 4.57 Å². The fraction of sp³-hybridized carbons (Fsp3) is 0.455. The fourth-order valence-electron chi connectivity index (χ4n) is 2.31. The first kappa shape index (κ1) is 13.7. The second kappa shape index (κ2) is 4.94. The Morgan fingerprint density at radius 3 is 2.90 bits per heavy atom. The molecule has 1 radical (unpaired) electrons. The number of anilines is 1. The summed E-state index contributed by atoms with van der Waals surface area (Å²) in [5.74, 6) is 0.0545. The molecule has 2 aromatic heterocycles. The Hall–Kier alpha value is -1.25. The number of halogens is 1. The van der Waals surface area contributed by atoms with Crippen LogP contribution < -0.4 is 10.3 Å². The predicted octanol–water partition coefficient (Wildman–Crippen LogP) is -1.60. The fourth-order valence-corrected chi connectivity index (χ4v) is 2.84. The molecule has 1 aliphatic heterocycles. The number of nitrogens with zero attached hydrogens (tertiary/aromatic N) is 3. The molecule has 1 saturated heterocycles. The van der Waals surface area contributed by atoms with Crippen molar-refractivity contribution >= 4 is 37.6 Å². The van der Waals surface area contributed by atoms with E-state index in [-0.39, 0.29) is 5.95 Å². The van der Waals surface area contributed by atoms with Crippen molar-refractivity contribution in [3.63, 3.8) is 0 Å². The van der Waals surface area contributed by atoms with Crippen LogP contribution in [0, 0.1) is 0 Å². The number of aliphatic hydroxyl groups is 2. The van der Waals surface area contributed by atoms with Gasteiger partial charge in [0.05, 0.1) is 0 Å². The van der Waals surface area contributed by atoms with Crippen molar-refractivity contribution in [2.24, 2.45) is 0 Å². The van der Waals surface area contributed by atoms with Crippen LogP contribution >= 0.6 is 0 Å². The minimum atomic E-state index is -1.66. The van der Waals surface area contributed by atoms with Crippen molar-refractivity contribution in [3.05, 3.63) is 12.3 Å². The zero-order valence-electron chi connectivity index (χ0n) is 10.2. The standard InChI is InChI=1S/C11H12FN4O3Se/c12-6-7(18)5(3-17)19-10(6)16-2-1-4-8(16)14-11(13)15-9(4)20/h1-2,5-7,10,17-18H,3H2,(H2,13,14,15)/t5-,6+,7-,10-/m1/s1. The number of hydrogen-bond acceptors (Lipinski definition) is 6. The van der Waals surface area contributed by atoms with Crippen LogP contribution in [0.1, 0.15) is 6.23 Å². The molecule has 0 bridgehead atoms. The van der Waals surface area contributed by atoms with E-state index in [0.717, 1.165) is 0 Å². The molecular weight excluding hydrogens is 334 g/mol. The monoisotopic (exact) mass is 347 g/mol. The summed E-state index contributed by atoms with van der Waals surface area (Å²) < 4.78 is 21.5. The molecule has 4 atom stereocenters. The van der Waals surface area contributed by atoms with Gasteiger partial charge in [-0.15, -0.1) is 0 Å². The molecule has 20 heavy (non-hydrogen) atoms. The summed E-state index contributed by atoms with van der Waals surface area (Å²) >= 11 is 2.76. The molecule has 1 fully saturated rings. The van der Waals surface area contributed by atoms with Gasteiger partial charge in [-0.1, -0.05) is 0 Å². The van der Waals surface area contributed by atoms with E-state index in [4.69, 9.17) is 15.6 Å². The number of fused-ring (bicyclic) bond motifs is 1. The van der Waals surface area contributed by atoms with E-state index in [1.807, 2.05) is 0 Å². The van der Waals surface area contributed by atoms with E-state index < -0.39 is 31.2 Å². The van der Waals surface area contributed by atoms with Gasteiger partial charge in [0.15, 0.2) is 0 Å². The molecule has 9 heteroatoms. The molecule has 3 rings (SSSR count). The number of nitrogens with two attached hydrogens (primary N) is 1. The van der Waals surface area contributed by atoms with Crippen molar-refractivity contribution in [2.75, 3.05) is 12.3 Å². The summed E-state index contributed by atoms with van der Waals surface area (Å²) in [5, 5.41) is 19.4. The van der Waals surface area contributed by atoms with Gasteiger partial charge in [-0.05, 0) is 0 Å². The second-order valence-electron chi connectivity index (χ2n) is 4.53. The number of nitrogen functional groups attached to an aromatic ring is 1. The maximum absolute atomic E-state index is 14.1. The summed E-state index contributed by atoms with van der Waals surface area (Å²) in [6.45, 7) is -0.457. The Kier molecular flexibility index (Phi) is 3.39. The number of alkyl halides is 1. The van der Waals surface area contributed by atoms with Gasteiger partial charge in [0.25, 0.3) is 0 Å². The summed E-state index contributed by atoms with van der Waals surface area (Å²) in [7, 11) is 0. The van der Waals surface area contributed by atoms with Crippen LogP contribution in [0.4, 0.5) is 10.3 Å². The summed E-state index contributed by atoms with van der Waals surface area (Å²) in [4.78, 5) is 8.05. The molecule has 7 nitrogen and oxygen atoms in total. The topological polar surface area (TPSA) is 106 Å². The van der Waals surface area contributed by atoms with Crippen molar-refractivity contribution in [1.29, 1.82) is 0 Å². The van der Waals surface area contributed by atoms with Gasteiger partial charge in [-0.2, -0.15) is 0 Å². The predicted molar refractivity (Wildman–Crippen MR) is 69.2 cm³/mol. The molecule has 2 aromatic rings. The molecule has 0 amide bonds. The number of rotatable bonds is 2. The summed E-state index contributed by atoms with van der Waals surface area (Å²) in [6.07, 6.45) is -3.48. The zero-order valence-corrected chi connectivity index (χ0v) is 11.9. The van der Waals surface area contributed by atoms with Gasteiger partial charge in [-0.25, -0.2) is 0 Å². The van der Waals surface area contributed by atoms with Crippen LogP contribution in [-0.2, 0) is 4.74 Å². The number of aliphatic hydroxyl groups excluding tert-OH is 2. The van der Waals surface area contributed by atoms with E-state index in [9.17, 15) is 9.50 Å². The maximum atomic E-state index is 14.1. The quantitative estimate of drug-likeness (QED) is 0.566. The molecule has 0 unspecified atom stereocenters. The van der Waals surface area contributed by atoms with Gasteiger partial charge < -0.3 is 0 Å². The van der Waals surface area contributed by atoms with Crippen molar-refractivity contribution < 1.29 is 19.3 Å². The summed E-state index contributed by atoms with van der Waals surface area (Å²) in [6, 6.07) is 1.70. The molecular formula is C11H12FN4O3Se. The molecule has 0 aromatic carbocycles. The first-order valence-corrected chi connectivity index (χ1v) is 6.78. The van der Waals surface area contributed by atoms with E-state index in [1.54, 1.807) is 12.3 Å². The molecule has 107 valence electrons. The molecule has 0 saturated carbocycles. The van der Waals surface area contributed by atoms with Gasteiger partial charge in [-0.3, -0.25) is 0 Å². The summed E-state index contributed by atoms with van der Waals surface area (Å²) in [5.41, 5.74) is 5.99. The van der Waals surface area contributed by atoms with Crippen molar-refractivity contribution in [3.8, 4) is 0 Å². The second-order valence-corrected chi connectivity index (χ2v) is 5.34. The number of ether oxygens (including phenoxy) is 1. The minimum absolute atomic E-state index is 0.0545. The third-order valence-corrected chi connectivity index (χ3v) is 3.96. The van der Waals surface area contributed by atoms with Gasteiger partial charge >= 0.3 is 121 Å². The third-order valence-electron chi connectivity index (χ3n) is 3.30. The zero-order chi connectivity index (χ0) is 14.4. The number of aromatic nitrogens is 3. The molecule has 1 aliphatic rings. The molecule has 3 heterocycles. The van der Waals surface area contributed by atoms with Crippen LogP contribution in [0.25, 0.3) is 11.0 Å². The van der Waals surface area contributed by atoms with Gasteiger partial charge in [0.2, 0.25) is 0 Å². The van der Waals surface area contributed by atoms with Gasteiger partial charge in [0, 0.05) is 0 Å². The Morgan fingerprint density at radius 2 is 2.25 bits per heavy atom. The molecule has 0 aliphatic carbocycles. The average molecular weight is 346 g/mol. The van der Waals surface area contributed by atoms with Crippen molar-refractivity contribution in [2.45, 2.75) is 24.6 Å². The Bertz CT molecular complexity index is 652. The van der Waals surface area contributed by atoms with Crippen LogP contribution in [0.15, 0.2) is 12.3 Å². The van der Waals surface area contributed by atoms with E-state index in [0.29, 0.717) is 15.6 Å². The Balaban J connectivity index is 2.07. The van der Waals surface area contributed by atoms with Crippen LogP contribution in [0.3, 0.4) is 0 Å². The van der Waals surface area contributed by atoms with E-state index in [2.05, 4.69) is 26.0 Å². The first-order valence-electron chi connectivity index (χ1n) is 5.92. The molecule has 4 N–H and O–H groups in total. The Morgan fingerprint density at radius 1 is 1.50 bits per heavy atom. The first-order chi connectivity index (χ1) is 9.52. The SMILES string of the molecule is Nc1nc([Se])c2ccn([C@@H]3O[C@H](CO)[C@@H](O)[C@@H]3F)c2n1. The van der Waals surface area contributed by atoms with Crippen LogP contribution in [0.2, 0.25) is 0 Å². The van der Waals surface area contributed by atoms with E-state index >= 15 is 0 Å². The average Bonchev–Trinajstić information content (AvgIpc) is 2.93. The Labute approximate surface area is 121 Å². The van der Waals surface area contributed by atoms with Crippen LogP contribution in [0.5, 0.6) is 0 Å². The third kappa shape index (κ3) is 1.99. The van der Waals surface area contributed by atoms with Crippen LogP contribution in [-0.4, -0.2) is 65.7 Å². The van der Waals surface area contributed by atoms with Crippen molar-refractivity contribution in [1.82, 2.24) is 14.5 Å².